The van der Waals surface area contributed by atoms with Crippen molar-refractivity contribution in [3.63, 3.8) is 0 Å². The van der Waals surface area contributed by atoms with Crippen LogP contribution in [-0.4, -0.2) is 50.2 Å². The van der Waals surface area contributed by atoms with E-state index in [1.54, 1.807) is 20.0 Å². The van der Waals surface area contributed by atoms with Gasteiger partial charge in [-0.3, -0.25) is 9.69 Å². The first-order chi connectivity index (χ1) is 14.1. The number of alkyl halides is 3. The first-order valence-electron chi connectivity index (χ1n) is 9.44. The molecule has 1 aromatic heterocycles. The van der Waals surface area contributed by atoms with Gasteiger partial charge in [-0.1, -0.05) is 11.6 Å². The number of carbonyl (C=O) groups excluding carboxylic acids is 1. The van der Waals surface area contributed by atoms with Gasteiger partial charge in [0.05, 0.1) is 40.5 Å². The molecule has 3 rings (SSSR count). The molecule has 1 N–H and O–H groups in total. The molecule has 0 radical (unpaired) electrons. The number of benzene rings is 1. The van der Waals surface area contributed by atoms with Crippen LogP contribution in [0, 0.1) is 0 Å². The van der Waals surface area contributed by atoms with Crippen molar-refractivity contribution in [3.8, 4) is 0 Å². The van der Waals surface area contributed by atoms with E-state index in [2.05, 4.69) is 5.32 Å². The van der Waals surface area contributed by atoms with Gasteiger partial charge in [-0.05, 0) is 44.3 Å². The zero-order chi connectivity index (χ0) is 21.9. The van der Waals surface area contributed by atoms with Gasteiger partial charge < -0.3 is 15.0 Å². The van der Waals surface area contributed by atoms with Crippen molar-refractivity contribution >= 4 is 40.2 Å². The molecule has 0 bridgehead atoms. The molecule has 1 saturated heterocycles. The van der Waals surface area contributed by atoms with E-state index in [0.717, 1.165) is 17.0 Å². The van der Waals surface area contributed by atoms with Crippen molar-refractivity contribution in [2.45, 2.75) is 25.7 Å². The normalized spacial score (nSPS) is 16.0. The Morgan fingerprint density at radius 3 is 2.60 bits per heavy atom. The fourth-order valence-corrected chi connectivity index (χ4v) is 4.30. The molecule has 1 amide bonds. The number of thiophene rings is 1. The molecule has 164 valence electrons. The molecule has 0 spiro atoms. The Balaban J connectivity index is 1.79. The van der Waals surface area contributed by atoms with E-state index >= 15 is 0 Å². The lowest BCUT2D eigenvalue weighted by molar-refractivity contribution is -0.137. The number of amides is 1. The van der Waals surface area contributed by atoms with Crippen LogP contribution >= 0.6 is 22.9 Å². The summed E-state index contributed by atoms with van der Waals surface area (Å²) in [5.41, 5.74) is -0.0975. The van der Waals surface area contributed by atoms with E-state index in [1.807, 2.05) is 15.9 Å². The van der Waals surface area contributed by atoms with Crippen LogP contribution in [0.5, 0.6) is 0 Å². The van der Waals surface area contributed by atoms with Crippen LogP contribution in [0.15, 0.2) is 30.3 Å². The molecule has 1 fully saturated rings. The van der Waals surface area contributed by atoms with Crippen molar-refractivity contribution in [1.82, 2.24) is 4.90 Å². The summed E-state index contributed by atoms with van der Waals surface area (Å²) in [5, 5.41) is 2.71. The van der Waals surface area contributed by atoms with Gasteiger partial charge >= 0.3 is 6.18 Å². The number of anilines is 2. The van der Waals surface area contributed by atoms with E-state index in [-0.39, 0.29) is 11.6 Å². The van der Waals surface area contributed by atoms with E-state index < -0.39 is 17.8 Å². The first-order valence-corrected chi connectivity index (χ1v) is 10.6. The molecule has 2 aromatic rings. The Morgan fingerprint density at radius 1 is 1.30 bits per heavy atom. The Labute approximate surface area is 182 Å². The Bertz CT molecular complexity index is 884. The molecule has 10 heteroatoms. The summed E-state index contributed by atoms with van der Waals surface area (Å²) >= 11 is 7.38. The lowest BCUT2D eigenvalue weighted by atomic mass is 10.1. The summed E-state index contributed by atoms with van der Waals surface area (Å²) < 4.78 is 45.7. The minimum Gasteiger partial charge on any atom is -0.378 e. The third-order valence-electron chi connectivity index (χ3n) is 5.01. The number of hydrogen-bond donors (Lipinski definition) is 1. The standard InChI is InChI=1S/C20H23ClF3N3O2S/c1-13(26(2)12-15-4-6-18(21)30-15)19(28)25-16-11-14(20(22,23)24)3-5-17(16)27-7-9-29-10-8-27/h3-6,11,13H,7-10,12H2,1-2H3,(H,25,28)/t13-/m1/s1. The average Bonchev–Trinajstić information content (AvgIpc) is 3.11. The molecule has 1 aliphatic rings. The van der Waals surface area contributed by atoms with Crippen molar-refractivity contribution < 1.29 is 22.7 Å². The maximum absolute atomic E-state index is 13.2. The summed E-state index contributed by atoms with van der Waals surface area (Å²) in [6, 6.07) is 6.56. The second-order valence-electron chi connectivity index (χ2n) is 7.12. The van der Waals surface area contributed by atoms with Gasteiger partial charge in [0.2, 0.25) is 5.91 Å². The number of carbonyl (C=O) groups is 1. The molecule has 1 aromatic carbocycles. The van der Waals surface area contributed by atoms with Crippen molar-refractivity contribution in [2.24, 2.45) is 0 Å². The number of hydrogen-bond acceptors (Lipinski definition) is 5. The molecule has 5 nitrogen and oxygen atoms in total. The highest BCUT2D eigenvalue weighted by Crippen LogP contribution is 2.36. The minimum atomic E-state index is -4.50. The van der Waals surface area contributed by atoms with Gasteiger partial charge in [-0.2, -0.15) is 13.2 Å². The first kappa shape index (κ1) is 22.9. The van der Waals surface area contributed by atoms with E-state index in [0.29, 0.717) is 42.9 Å². The molecular formula is C20H23ClF3N3O2S. The second kappa shape index (κ2) is 9.55. The van der Waals surface area contributed by atoms with Crippen LogP contribution in [0.3, 0.4) is 0 Å². The van der Waals surface area contributed by atoms with Crippen LogP contribution in [0.4, 0.5) is 24.5 Å². The highest BCUT2D eigenvalue weighted by molar-refractivity contribution is 7.16. The molecule has 1 atom stereocenters. The monoisotopic (exact) mass is 461 g/mol. The van der Waals surface area contributed by atoms with Gasteiger partial charge in [0, 0.05) is 24.5 Å². The number of halogens is 4. The summed E-state index contributed by atoms with van der Waals surface area (Å²) in [6.07, 6.45) is -4.50. The van der Waals surface area contributed by atoms with Crippen LogP contribution in [-0.2, 0) is 22.3 Å². The zero-order valence-electron chi connectivity index (χ0n) is 16.6. The summed E-state index contributed by atoms with van der Waals surface area (Å²) in [5.74, 6) is -0.381. The smallest absolute Gasteiger partial charge is 0.378 e. The Morgan fingerprint density at radius 2 is 2.00 bits per heavy atom. The zero-order valence-corrected chi connectivity index (χ0v) is 18.2. The highest BCUT2D eigenvalue weighted by atomic mass is 35.5. The average molecular weight is 462 g/mol. The molecule has 1 aliphatic heterocycles. The van der Waals surface area contributed by atoms with Gasteiger partial charge in [-0.15, -0.1) is 11.3 Å². The lowest BCUT2D eigenvalue weighted by Crippen LogP contribution is -2.40. The summed E-state index contributed by atoms with van der Waals surface area (Å²) in [4.78, 5) is 17.6. The predicted octanol–water partition coefficient (Wildman–Crippen LogP) is 4.72. The topological polar surface area (TPSA) is 44.8 Å². The fraction of sp³-hybridized carbons (Fsp3) is 0.450. The third-order valence-corrected chi connectivity index (χ3v) is 6.22. The van der Waals surface area contributed by atoms with Gasteiger partial charge in [0.15, 0.2) is 0 Å². The Hall–Kier alpha value is -1.81. The fourth-order valence-electron chi connectivity index (χ4n) is 3.15. The van der Waals surface area contributed by atoms with Crippen molar-refractivity contribution in [1.29, 1.82) is 0 Å². The van der Waals surface area contributed by atoms with Gasteiger partial charge in [0.1, 0.15) is 0 Å². The molecular weight excluding hydrogens is 439 g/mol. The maximum atomic E-state index is 13.2. The Kier molecular flexibility index (Phi) is 7.28. The van der Waals surface area contributed by atoms with Crippen LogP contribution in [0.25, 0.3) is 0 Å². The molecule has 0 aliphatic carbocycles. The third kappa shape index (κ3) is 5.66. The number of nitrogens with one attached hydrogen (secondary N) is 1. The molecule has 0 unspecified atom stereocenters. The highest BCUT2D eigenvalue weighted by Gasteiger charge is 2.32. The number of ether oxygens (including phenoxy) is 1. The summed E-state index contributed by atoms with van der Waals surface area (Å²) in [7, 11) is 1.78. The largest absolute Gasteiger partial charge is 0.416 e. The van der Waals surface area contributed by atoms with Crippen molar-refractivity contribution in [2.75, 3.05) is 43.6 Å². The minimum absolute atomic E-state index is 0.149. The van der Waals surface area contributed by atoms with Crippen LogP contribution in [0.2, 0.25) is 4.34 Å². The quantitative estimate of drug-likeness (QED) is 0.676. The van der Waals surface area contributed by atoms with Crippen LogP contribution in [0.1, 0.15) is 17.4 Å². The van der Waals surface area contributed by atoms with E-state index in [4.69, 9.17) is 16.3 Å². The number of rotatable bonds is 6. The van der Waals surface area contributed by atoms with Gasteiger partial charge in [0.25, 0.3) is 0 Å². The van der Waals surface area contributed by atoms with Crippen LogP contribution < -0.4 is 10.2 Å². The molecule has 30 heavy (non-hydrogen) atoms. The SMILES string of the molecule is C[C@H](C(=O)Nc1cc(C(F)(F)F)ccc1N1CCOCC1)N(C)Cc1ccc(Cl)s1. The summed E-state index contributed by atoms with van der Waals surface area (Å²) in [6.45, 7) is 4.27. The molecule has 0 saturated carbocycles. The maximum Gasteiger partial charge on any atom is 0.416 e. The van der Waals surface area contributed by atoms with Gasteiger partial charge in [-0.25, -0.2) is 0 Å². The number of morpholine rings is 1. The van der Waals surface area contributed by atoms with E-state index in [9.17, 15) is 18.0 Å². The lowest BCUT2D eigenvalue weighted by Gasteiger charge is -2.31. The van der Waals surface area contributed by atoms with Crippen molar-refractivity contribution in [3.05, 3.63) is 45.1 Å². The number of likely N-dealkylation sites (N-methyl/N-ethyl adjacent to an activating group) is 1. The second-order valence-corrected chi connectivity index (χ2v) is 8.91. The van der Waals surface area contributed by atoms with E-state index in [1.165, 1.54) is 17.4 Å². The number of nitrogens with zero attached hydrogens (tertiary/aromatic N) is 2. The molecule has 2 heterocycles. The predicted molar refractivity (Wildman–Crippen MR) is 113 cm³/mol.